The summed E-state index contributed by atoms with van der Waals surface area (Å²) in [4.78, 5) is 8.56. The first kappa shape index (κ1) is 9.12. The van der Waals surface area contributed by atoms with Gasteiger partial charge in [0.15, 0.2) is 0 Å². The van der Waals surface area contributed by atoms with Crippen molar-refractivity contribution < 1.29 is 20.1 Å². The third-order valence-corrected chi connectivity index (χ3v) is 0. The van der Waals surface area contributed by atoms with E-state index in [4.69, 9.17) is 25.4 Å². The first-order chi connectivity index (χ1) is 3.15. The van der Waals surface area contributed by atoms with Crippen molar-refractivity contribution in [3.05, 3.63) is 0 Å². The number of aliphatic hydroxyl groups excluding tert-OH is 1. The second kappa shape index (κ2) is 8.82. The van der Waals surface area contributed by atoms with Crippen molar-refractivity contribution in [3.8, 4) is 6.26 Å². The van der Waals surface area contributed by atoms with Crippen molar-refractivity contribution in [2.24, 2.45) is 0 Å². The Morgan fingerprint density at radius 1 is 1.57 bits per heavy atom. The highest BCUT2D eigenvalue weighted by Gasteiger charge is 1.70. The number of nitriles is 1. The van der Waals surface area contributed by atoms with Gasteiger partial charge in [0.25, 0.3) is 6.26 Å². The van der Waals surface area contributed by atoms with E-state index in [-0.39, 0.29) is 0 Å². The smallest absolute Gasteiger partial charge is 0.450 e. The first-order valence-corrected chi connectivity index (χ1v) is 1.10. The molecule has 0 aliphatic rings. The molecule has 40 valence electrons. The highest BCUT2D eigenvalue weighted by atomic mass is 16.6. The molecule has 0 heterocycles. The molecule has 0 aliphatic heterocycles. The number of rotatable bonds is 0. The summed E-state index contributed by atoms with van der Waals surface area (Å²) in [5.41, 5.74) is 0. The molecule has 0 unspecified atom stereocenters. The highest BCUT2D eigenvalue weighted by Crippen LogP contribution is 1.42. The van der Waals surface area contributed by atoms with Gasteiger partial charge in [-0.3, -0.25) is 0 Å². The van der Waals surface area contributed by atoms with Gasteiger partial charge in [-0.25, -0.2) is 4.79 Å². The van der Waals surface area contributed by atoms with E-state index in [9.17, 15) is 0 Å². The summed E-state index contributed by atoms with van der Waals surface area (Å²) in [6.07, 6.45) is -1.08. The molecule has 0 radical (unpaired) electrons. The number of carboxylic acid groups (broad SMARTS) is 2. The Morgan fingerprint density at radius 3 is 1.57 bits per heavy atom. The molecule has 0 aromatic rings. The summed E-state index contributed by atoms with van der Waals surface area (Å²) in [7, 11) is 0. The SMILES string of the molecule is N#CO.O=C(O)O. The third kappa shape index (κ3) is 14.4. The number of aliphatic hydroxyl groups is 1. The second-order valence-electron chi connectivity index (χ2n) is 0.383. The van der Waals surface area contributed by atoms with Gasteiger partial charge in [0.2, 0.25) is 0 Å². The third-order valence-electron chi connectivity index (χ3n) is 0. The summed E-state index contributed by atoms with van der Waals surface area (Å²) in [6.45, 7) is 0. The molecule has 0 amide bonds. The highest BCUT2D eigenvalue weighted by molar-refractivity contribution is 5.53. The summed E-state index contributed by atoms with van der Waals surface area (Å²) in [5.74, 6) is 0. The largest absolute Gasteiger partial charge is 0.503 e. The minimum atomic E-state index is -1.83. The average molecular weight is 105 g/mol. The van der Waals surface area contributed by atoms with E-state index in [0.29, 0.717) is 0 Å². The molecule has 0 aliphatic carbocycles. The van der Waals surface area contributed by atoms with Crippen LogP contribution in [0.2, 0.25) is 0 Å². The molecule has 0 rings (SSSR count). The molecule has 5 heteroatoms. The van der Waals surface area contributed by atoms with Crippen LogP contribution in [0.3, 0.4) is 0 Å². The summed E-state index contributed by atoms with van der Waals surface area (Å²) >= 11 is 0. The molecule has 0 fully saturated rings. The summed E-state index contributed by atoms with van der Waals surface area (Å²) in [5, 5.41) is 27.7. The van der Waals surface area contributed by atoms with Gasteiger partial charge >= 0.3 is 6.16 Å². The number of hydrogen-bond donors (Lipinski definition) is 3. The lowest BCUT2D eigenvalue weighted by Crippen LogP contribution is -1.81. The Labute approximate surface area is 39.0 Å². The lowest BCUT2D eigenvalue weighted by molar-refractivity contribution is 0.137. The predicted octanol–water partition coefficient (Wildman–Crippen LogP) is 0.0624. The van der Waals surface area contributed by atoms with Crippen LogP contribution < -0.4 is 0 Å². The zero-order chi connectivity index (χ0) is 6.28. The molecule has 0 atom stereocenters. The van der Waals surface area contributed by atoms with Crippen molar-refractivity contribution in [1.29, 1.82) is 5.26 Å². The van der Waals surface area contributed by atoms with E-state index in [1.165, 1.54) is 0 Å². The Morgan fingerprint density at radius 2 is 1.57 bits per heavy atom. The normalized spacial score (nSPS) is 4.43. The van der Waals surface area contributed by atoms with Crippen LogP contribution in [-0.2, 0) is 0 Å². The second-order valence-corrected chi connectivity index (χ2v) is 0.383. The summed E-state index contributed by atoms with van der Waals surface area (Å²) in [6, 6.07) is 0. The van der Waals surface area contributed by atoms with Crippen LogP contribution in [0.4, 0.5) is 4.79 Å². The van der Waals surface area contributed by atoms with Crippen molar-refractivity contribution in [1.82, 2.24) is 0 Å². The molecule has 0 aromatic heterocycles. The molecule has 0 bridgehead atoms. The van der Waals surface area contributed by atoms with Crippen LogP contribution in [0.1, 0.15) is 0 Å². The monoisotopic (exact) mass is 105 g/mol. The van der Waals surface area contributed by atoms with E-state index >= 15 is 0 Å². The minimum Gasteiger partial charge on any atom is -0.450 e. The predicted molar refractivity (Wildman–Crippen MR) is 18.2 cm³/mol. The van der Waals surface area contributed by atoms with Crippen molar-refractivity contribution in [2.75, 3.05) is 0 Å². The maximum Gasteiger partial charge on any atom is 0.503 e. The van der Waals surface area contributed by atoms with Gasteiger partial charge in [0.1, 0.15) is 0 Å². The number of carbonyl (C=O) groups is 1. The zero-order valence-electron chi connectivity index (χ0n) is 3.20. The molecule has 0 saturated heterocycles. The lowest BCUT2D eigenvalue weighted by Gasteiger charge is -1.60. The molecular weight excluding hydrogens is 102 g/mol. The van der Waals surface area contributed by atoms with Gasteiger partial charge in [0, 0.05) is 0 Å². The fourth-order valence-corrected chi connectivity index (χ4v) is 0. The van der Waals surface area contributed by atoms with Gasteiger partial charge < -0.3 is 15.3 Å². The lowest BCUT2D eigenvalue weighted by atomic mass is 11.5. The number of hydrogen-bond acceptors (Lipinski definition) is 3. The van der Waals surface area contributed by atoms with Crippen LogP contribution in [0.25, 0.3) is 0 Å². The fourth-order valence-electron chi connectivity index (χ4n) is 0. The Balaban J connectivity index is 0. The molecule has 5 nitrogen and oxygen atoms in total. The van der Waals surface area contributed by atoms with Gasteiger partial charge in [-0.15, -0.1) is 0 Å². The molecule has 0 saturated carbocycles. The molecule has 3 N–H and O–H groups in total. The van der Waals surface area contributed by atoms with Gasteiger partial charge in [-0.1, -0.05) is 0 Å². The van der Waals surface area contributed by atoms with E-state index in [1.807, 2.05) is 0 Å². The van der Waals surface area contributed by atoms with Crippen LogP contribution in [0.5, 0.6) is 0 Å². The van der Waals surface area contributed by atoms with Crippen molar-refractivity contribution in [2.45, 2.75) is 0 Å². The number of nitrogens with zero attached hydrogens (tertiary/aromatic N) is 1. The van der Waals surface area contributed by atoms with Gasteiger partial charge in [-0.05, 0) is 0 Å². The fraction of sp³-hybridized carbons (Fsp3) is 0. The topological polar surface area (TPSA) is 102 Å². The molecular formula is C2H3NO4. The van der Waals surface area contributed by atoms with Crippen molar-refractivity contribution >= 4 is 6.16 Å². The van der Waals surface area contributed by atoms with E-state index in [2.05, 4.69) is 0 Å². The quantitative estimate of drug-likeness (QED) is 0.378. The molecule has 0 spiro atoms. The van der Waals surface area contributed by atoms with E-state index in [0.717, 1.165) is 6.26 Å². The van der Waals surface area contributed by atoms with Crippen LogP contribution in [0.15, 0.2) is 0 Å². The summed E-state index contributed by atoms with van der Waals surface area (Å²) < 4.78 is 0. The van der Waals surface area contributed by atoms with E-state index < -0.39 is 6.16 Å². The average Bonchev–Trinajstić information content (AvgIpc) is 1.33. The van der Waals surface area contributed by atoms with Crippen LogP contribution in [0, 0.1) is 11.5 Å². The molecule has 0 aromatic carbocycles. The van der Waals surface area contributed by atoms with Crippen LogP contribution in [-0.4, -0.2) is 21.5 Å². The Hall–Kier alpha value is -1.44. The maximum atomic E-state index is 8.56. The van der Waals surface area contributed by atoms with Crippen molar-refractivity contribution in [3.63, 3.8) is 0 Å². The molecule has 7 heavy (non-hydrogen) atoms. The first-order valence-electron chi connectivity index (χ1n) is 1.10. The Bertz CT molecular complexity index is 78.2. The standard InChI is InChI=1S/CHNO.CH2O3/c2-1-3;2-1(3)4/h3H;(H2,2,3,4). The van der Waals surface area contributed by atoms with Crippen LogP contribution >= 0.6 is 0 Å². The Kier molecular flexibility index (Phi) is 11.5. The van der Waals surface area contributed by atoms with Gasteiger partial charge in [-0.2, -0.15) is 5.26 Å². The zero-order valence-corrected chi connectivity index (χ0v) is 3.20. The van der Waals surface area contributed by atoms with E-state index in [1.54, 1.807) is 0 Å². The minimum absolute atomic E-state index is 0.750. The van der Waals surface area contributed by atoms with Gasteiger partial charge in [0.05, 0.1) is 0 Å². The maximum absolute atomic E-state index is 8.56.